The monoisotopic (exact) mass is 397 g/mol. The molecule has 0 radical (unpaired) electrons. The first-order valence-electron chi connectivity index (χ1n) is 9.69. The number of fused-ring (bicyclic) bond motifs is 3. The van der Waals surface area contributed by atoms with Gasteiger partial charge in [-0.2, -0.15) is 10.4 Å². The van der Waals surface area contributed by atoms with E-state index in [0.717, 1.165) is 24.1 Å². The van der Waals surface area contributed by atoms with Crippen LogP contribution in [0.1, 0.15) is 51.7 Å². The van der Waals surface area contributed by atoms with Gasteiger partial charge in [0, 0.05) is 24.1 Å². The summed E-state index contributed by atoms with van der Waals surface area (Å²) in [6.45, 7) is 8.89. The first-order chi connectivity index (χ1) is 13.6. The molecule has 1 aliphatic rings. The minimum atomic E-state index is -0.520. The molecule has 2 aromatic heterocycles. The fourth-order valence-electron chi connectivity index (χ4n) is 3.99. The van der Waals surface area contributed by atoms with Gasteiger partial charge in [-0.1, -0.05) is 6.92 Å². The van der Waals surface area contributed by atoms with Crippen LogP contribution in [-0.4, -0.2) is 44.3 Å². The second-order valence-electron chi connectivity index (χ2n) is 8.93. The van der Waals surface area contributed by atoms with Crippen LogP contribution in [0.4, 0.5) is 9.18 Å². The highest BCUT2D eigenvalue weighted by atomic mass is 19.1. The molecule has 0 atom stereocenters. The van der Waals surface area contributed by atoms with E-state index in [1.165, 1.54) is 12.1 Å². The van der Waals surface area contributed by atoms with Crippen molar-refractivity contribution in [2.24, 2.45) is 0 Å². The number of nitrogens with one attached hydrogen (secondary N) is 1. The summed E-state index contributed by atoms with van der Waals surface area (Å²) in [4.78, 5) is 17.3. The molecule has 1 saturated heterocycles. The van der Waals surface area contributed by atoms with Crippen LogP contribution in [0.15, 0.2) is 18.3 Å². The summed E-state index contributed by atoms with van der Waals surface area (Å²) in [5.74, 6) is -0.461. The molecule has 0 bridgehead atoms. The lowest BCUT2D eigenvalue weighted by atomic mass is 9.75. The van der Waals surface area contributed by atoms with E-state index in [4.69, 9.17) is 4.74 Å². The number of halogens is 1. The molecule has 1 fully saturated rings. The Morgan fingerprint density at radius 1 is 1.34 bits per heavy atom. The van der Waals surface area contributed by atoms with Crippen molar-refractivity contribution in [1.82, 2.24) is 19.5 Å². The standard InChI is InChI=1S/C21H24FN5O2/c1-20(2,3)29-19(28)26-7-5-21(4,6-8-26)15-12-24-27-17-13(11-23)9-14(22)10-16(17)25-18(15)27/h9-10,12,25H,5-8H2,1-4H3. The Hall–Kier alpha value is -3.08. The third-order valence-electron chi connectivity index (χ3n) is 5.60. The number of carbonyl (C=O) groups is 1. The topological polar surface area (TPSA) is 86.4 Å². The quantitative estimate of drug-likeness (QED) is 0.669. The second-order valence-corrected chi connectivity index (χ2v) is 8.93. The van der Waals surface area contributed by atoms with Crippen molar-refractivity contribution < 1.29 is 13.9 Å². The van der Waals surface area contributed by atoms with Gasteiger partial charge >= 0.3 is 6.09 Å². The fraction of sp³-hybridized carbons (Fsp3) is 0.476. The van der Waals surface area contributed by atoms with E-state index in [1.807, 2.05) is 26.8 Å². The first kappa shape index (κ1) is 19.2. The molecule has 0 spiro atoms. The number of hydrogen-bond acceptors (Lipinski definition) is 4. The molecule has 1 aromatic carbocycles. The van der Waals surface area contributed by atoms with Gasteiger partial charge in [-0.05, 0) is 45.7 Å². The van der Waals surface area contributed by atoms with Crippen molar-refractivity contribution in [3.63, 3.8) is 0 Å². The first-order valence-corrected chi connectivity index (χ1v) is 9.69. The van der Waals surface area contributed by atoms with E-state index >= 15 is 0 Å². The van der Waals surface area contributed by atoms with Gasteiger partial charge in [0.25, 0.3) is 0 Å². The number of hydrogen-bond donors (Lipinski definition) is 1. The molecule has 1 N–H and O–H groups in total. The largest absolute Gasteiger partial charge is 0.444 e. The van der Waals surface area contributed by atoms with E-state index in [0.29, 0.717) is 24.1 Å². The van der Waals surface area contributed by atoms with Crippen molar-refractivity contribution in [3.8, 4) is 6.07 Å². The molecule has 0 aliphatic carbocycles. The second kappa shape index (κ2) is 6.48. The summed E-state index contributed by atoms with van der Waals surface area (Å²) in [6, 6.07) is 4.64. The Balaban J connectivity index is 1.65. The van der Waals surface area contributed by atoms with Gasteiger partial charge in [-0.25, -0.2) is 13.7 Å². The molecule has 1 amide bonds. The molecule has 0 saturated carbocycles. The number of nitrogens with zero attached hydrogens (tertiary/aromatic N) is 4. The molecule has 152 valence electrons. The average molecular weight is 397 g/mol. The fourth-order valence-corrected chi connectivity index (χ4v) is 3.99. The number of ether oxygens (including phenoxy) is 1. The van der Waals surface area contributed by atoms with Crippen molar-refractivity contribution in [2.75, 3.05) is 13.1 Å². The van der Waals surface area contributed by atoms with Gasteiger partial charge in [-0.15, -0.1) is 0 Å². The third kappa shape index (κ3) is 3.31. The van der Waals surface area contributed by atoms with E-state index in [-0.39, 0.29) is 17.1 Å². The van der Waals surface area contributed by atoms with Crippen molar-refractivity contribution >= 4 is 22.8 Å². The minimum absolute atomic E-state index is 0.202. The zero-order valence-corrected chi connectivity index (χ0v) is 17.0. The molecule has 3 heterocycles. The lowest BCUT2D eigenvalue weighted by molar-refractivity contribution is 0.0172. The van der Waals surface area contributed by atoms with Crippen molar-refractivity contribution in [1.29, 1.82) is 5.26 Å². The zero-order chi connectivity index (χ0) is 21.0. The highest BCUT2D eigenvalue weighted by molar-refractivity contribution is 5.86. The summed E-state index contributed by atoms with van der Waals surface area (Å²) in [5, 5.41) is 13.9. The van der Waals surface area contributed by atoms with Crippen LogP contribution in [0, 0.1) is 17.1 Å². The number of amides is 1. The van der Waals surface area contributed by atoms with E-state index < -0.39 is 11.4 Å². The maximum Gasteiger partial charge on any atom is 0.410 e. The molecule has 7 nitrogen and oxygen atoms in total. The van der Waals surface area contributed by atoms with Gasteiger partial charge in [-0.3, -0.25) is 0 Å². The van der Waals surface area contributed by atoms with Gasteiger partial charge in [0.05, 0.1) is 17.3 Å². The molecule has 4 rings (SSSR count). The number of nitriles is 1. The highest BCUT2D eigenvalue weighted by Gasteiger charge is 2.37. The Kier molecular flexibility index (Phi) is 4.30. The lowest BCUT2D eigenvalue weighted by Gasteiger charge is -2.39. The van der Waals surface area contributed by atoms with Crippen LogP contribution in [0.25, 0.3) is 16.7 Å². The number of benzene rings is 1. The normalized spacial score (nSPS) is 16.9. The van der Waals surface area contributed by atoms with E-state index in [2.05, 4.69) is 17.0 Å². The summed E-state index contributed by atoms with van der Waals surface area (Å²) < 4.78 is 21.0. The van der Waals surface area contributed by atoms with Crippen LogP contribution in [0.5, 0.6) is 0 Å². The van der Waals surface area contributed by atoms with Gasteiger partial charge in [0.1, 0.15) is 28.7 Å². The van der Waals surface area contributed by atoms with Gasteiger partial charge < -0.3 is 14.6 Å². The molecule has 0 unspecified atom stereocenters. The lowest BCUT2D eigenvalue weighted by Crippen LogP contribution is -2.45. The maximum absolute atomic E-state index is 13.8. The van der Waals surface area contributed by atoms with Crippen LogP contribution in [0.3, 0.4) is 0 Å². The number of H-pyrrole nitrogens is 1. The Morgan fingerprint density at radius 3 is 2.66 bits per heavy atom. The number of imidazole rings is 1. The van der Waals surface area contributed by atoms with E-state index in [1.54, 1.807) is 15.6 Å². The number of aromatic nitrogens is 3. The predicted molar refractivity (Wildman–Crippen MR) is 106 cm³/mol. The molecular weight excluding hydrogens is 373 g/mol. The number of piperidine rings is 1. The van der Waals surface area contributed by atoms with Crippen LogP contribution < -0.4 is 0 Å². The third-order valence-corrected chi connectivity index (χ3v) is 5.60. The number of likely N-dealkylation sites (tertiary alicyclic amines) is 1. The molecule has 29 heavy (non-hydrogen) atoms. The molecule has 3 aromatic rings. The Bertz CT molecular complexity index is 1140. The van der Waals surface area contributed by atoms with Crippen molar-refractivity contribution in [2.45, 2.75) is 51.6 Å². The summed E-state index contributed by atoms with van der Waals surface area (Å²) in [6.07, 6.45) is 3.02. The van der Waals surface area contributed by atoms with E-state index in [9.17, 15) is 14.4 Å². The molecule has 8 heteroatoms. The number of aromatic amines is 1. The van der Waals surface area contributed by atoms with Crippen molar-refractivity contribution in [3.05, 3.63) is 35.3 Å². The van der Waals surface area contributed by atoms with Crippen LogP contribution in [-0.2, 0) is 10.2 Å². The number of carbonyl (C=O) groups excluding carboxylic acids is 1. The zero-order valence-electron chi connectivity index (χ0n) is 17.0. The SMILES string of the molecule is CC(C)(C)OC(=O)N1CCC(C)(c2cnn3c2[nH]c2cc(F)cc(C#N)c23)CC1. The summed E-state index contributed by atoms with van der Waals surface area (Å²) >= 11 is 0. The molecular formula is C21H24FN5O2. The molecule has 1 aliphatic heterocycles. The maximum atomic E-state index is 13.8. The Labute approximate surface area is 168 Å². The summed E-state index contributed by atoms with van der Waals surface area (Å²) in [5.41, 5.74) is 2.40. The van der Waals surface area contributed by atoms with Gasteiger partial charge in [0.15, 0.2) is 0 Å². The average Bonchev–Trinajstić information content (AvgIpc) is 3.18. The Morgan fingerprint density at radius 2 is 2.03 bits per heavy atom. The predicted octanol–water partition coefficient (Wildman–Crippen LogP) is 4.11. The van der Waals surface area contributed by atoms with Crippen LogP contribution in [0.2, 0.25) is 0 Å². The number of rotatable bonds is 1. The van der Waals surface area contributed by atoms with Crippen LogP contribution >= 0.6 is 0 Å². The highest BCUT2D eigenvalue weighted by Crippen LogP contribution is 2.38. The smallest absolute Gasteiger partial charge is 0.410 e. The van der Waals surface area contributed by atoms with Gasteiger partial charge in [0.2, 0.25) is 0 Å². The summed E-state index contributed by atoms with van der Waals surface area (Å²) in [7, 11) is 0. The minimum Gasteiger partial charge on any atom is -0.444 e.